The van der Waals surface area contributed by atoms with Gasteiger partial charge in [0.25, 0.3) is 0 Å². The third kappa shape index (κ3) is 3.44. The van der Waals surface area contributed by atoms with Crippen molar-refractivity contribution in [1.82, 2.24) is 4.90 Å². The van der Waals surface area contributed by atoms with Crippen LogP contribution in [0.3, 0.4) is 0 Å². The molecule has 2 heterocycles. The summed E-state index contributed by atoms with van der Waals surface area (Å²) in [5.74, 6) is 0.707. The predicted octanol–water partition coefficient (Wildman–Crippen LogP) is 5.81. The van der Waals surface area contributed by atoms with Gasteiger partial charge in [-0.25, -0.2) is 0 Å². The third-order valence-corrected chi connectivity index (χ3v) is 7.96. The Morgan fingerprint density at radius 3 is 2.63 bits per heavy atom. The number of nitrogens with zero attached hydrogens (tertiary/aromatic N) is 1. The summed E-state index contributed by atoms with van der Waals surface area (Å²) in [5, 5.41) is 10.7. The van der Waals surface area contributed by atoms with Gasteiger partial charge in [-0.15, -0.1) is 0 Å². The van der Waals surface area contributed by atoms with Crippen LogP contribution in [0.15, 0.2) is 74.2 Å². The molecule has 0 bridgehead atoms. The number of hydrogen-bond acceptors (Lipinski definition) is 5. The fourth-order valence-electron chi connectivity index (χ4n) is 3.87. The zero-order valence-electron chi connectivity index (χ0n) is 16.6. The molecule has 152 valence electrons. The molecule has 5 rings (SSSR count). The average Bonchev–Trinajstić information content (AvgIpc) is 2.99. The molecular weight excluding hydrogens is 414 g/mol. The molecule has 1 amide bonds. The fourth-order valence-corrected chi connectivity index (χ4v) is 6.27. The number of hydrogen-bond donors (Lipinski definition) is 1. The lowest BCUT2D eigenvalue weighted by atomic mass is 10.0. The molecule has 0 saturated heterocycles. The van der Waals surface area contributed by atoms with Gasteiger partial charge in [0.2, 0.25) is 5.91 Å². The summed E-state index contributed by atoms with van der Waals surface area (Å²) in [6.07, 6.45) is 0.459. The van der Waals surface area contributed by atoms with Crippen LogP contribution in [-0.4, -0.2) is 29.1 Å². The molecule has 0 atom stereocenters. The van der Waals surface area contributed by atoms with Crippen LogP contribution in [0.2, 0.25) is 0 Å². The van der Waals surface area contributed by atoms with E-state index in [1.807, 2.05) is 6.92 Å². The normalized spacial score (nSPS) is 14.8. The van der Waals surface area contributed by atoms with Crippen LogP contribution in [0.5, 0.6) is 11.5 Å². The second kappa shape index (κ2) is 7.93. The molecule has 0 unspecified atom stereocenters. The Bertz CT molecular complexity index is 1150. The van der Waals surface area contributed by atoms with E-state index in [4.69, 9.17) is 4.74 Å². The Morgan fingerprint density at radius 2 is 1.83 bits per heavy atom. The molecule has 30 heavy (non-hydrogen) atoms. The van der Waals surface area contributed by atoms with Gasteiger partial charge >= 0.3 is 0 Å². The topological polar surface area (TPSA) is 49.8 Å². The van der Waals surface area contributed by atoms with Crippen molar-refractivity contribution in [3.8, 4) is 22.6 Å². The van der Waals surface area contributed by atoms with Gasteiger partial charge in [-0.3, -0.25) is 4.79 Å². The molecule has 3 aromatic carbocycles. The van der Waals surface area contributed by atoms with E-state index in [2.05, 4.69) is 48.5 Å². The van der Waals surface area contributed by atoms with Gasteiger partial charge in [-0.1, -0.05) is 54.7 Å². The summed E-state index contributed by atoms with van der Waals surface area (Å²) >= 11 is 3.54. The van der Waals surface area contributed by atoms with Crippen LogP contribution in [0.25, 0.3) is 11.1 Å². The number of rotatable bonds is 2. The van der Waals surface area contributed by atoms with Crippen molar-refractivity contribution >= 4 is 29.4 Å². The summed E-state index contributed by atoms with van der Waals surface area (Å²) < 4.78 is 5.80. The zero-order valence-corrected chi connectivity index (χ0v) is 18.2. The lowest BCUT2D eigenvalue weighted by Gasteiger charge is -2.22. The Hall–Kier alpha value is -2.57. The zero-order chi connectivity index (χ0) is 20.7. The molecule has 0 aliphatic carbocycles. The highest BCUT2D eigenvalue weighted by atomic mass is 32.2. The number of benzene rings is 3. The summed E-state index contributed by atoms with van der Waals surface area (Å²) in [5.41, 5.74) is 2.86. The van der Waals surface area contributed by atoms with E-state index in [1.165, 1.54) is 19.6 Å². The maximum absolute atomic E-state index is 12.3. The van der Waals surface area contributed by atoms with Gasteiger partial charge in [0.1, 0.15) is 6.61 Å². The molecule has 2 aliphatic rings. The van der Waals surface area contributed by atoms with Crippen LogP contribution >= 0.6 is 23.5 Å². The highest BCUT2D eigenvalue weighted by molar-refractivity contribution is 8.05. The van der Waals surface area contributed by atoms with Crippen LogP contribution in [0.1, 0.15) is 18.9 Å². The van der Waals surface area contributed by atoms with Crippen LogP contribution in [0.4, 0.5) is 0 Å². The Labute approximate surface area is 184 Å². The number of amides is 1. The lowest BCUT2D eigenvalue weighted by Crippen LogP contribution is -2.31. The maximum atomic E-state index is 12.3. The highest BCUT2D eigenvalue weighted by Gasteiger charge is 2.24. The smallest absolute Gasteiger partial charge is 0.222 e. The SMILES string of the molecule is CCC(=O)N1CCOc2c(O)cc(-c3cccc4c3Sc3ccccc3S4)cc2C1. The maximum Gasteiger partial charge on any atom is 0.222 e. The molecule has 1 N–H and O–H groups in total. The van der Waals surface area contributed by atoms with Crippen molar-refractivity contribution in [2.45, 2.75) is 39.5 Å². The number of phenolic OH excluding ortho intramolecular Hbond substituents is 1. The molecular formula is C24H21NO3S2. The van der Waals surface area contributed by atoms with Crippen LogP contribution in [-0.2, 0) is 11.3 Å². The van der Waals surface area contributed by atoms with Crippen LogP contribution in [0, 0.1) is 0 Å². The lowest BCUT2D eigenvalue weighted by molar-refractivity contribution is -0.131. The van der Waals surface area contributed by atoms with Crippen molar-refractivity contribution < 1.29 is 14.6 Å². The van der Waals surface area contributed by atoms with E-state index in [0.717, 1.165) is 16.7 Å². The van der Waals surface area contributed by atoms with Gasteiger partial charge in [-0.05, 0) is 41.5 Å². The second-order valence-corrected chi connectivity index (χ2v) is 9.42. The van der Waals surface area contributed by atoms with Crippen LogP contribution < -0.4 is 4.74 Å². The minimum Gasteiger partial charge on any atom is -0.504 e. The van der Waals surface area contributed by atoms with E-state index in [0.29, 0.717) is 31.9 Å². The summed E-state index contributed by atoms with van der Waals surface area (Å²) in [7, 11) is 0. The Balaban J connectivity index is 1.58. The molecule has 0 spiro atoms. The van der Waals surface area contributed by atoms with Crippen molar-refractivity contribution in [3.05, 3.63) is 60.2 Å². The summed E-state index contributed by atoms with van der Waals surface area (Å²) in [6.45, 7) is 3.23. The van der Waals surface area contributed by atoms with Crippen molar-refractivity contribution in [2.75, 3.05) is 13.2 Å². The second-order valence-electron chi connectivity index (χ2n) is 7.28. The molecule has 4 nitrogen and oxygen atoms in total. The molecule has 0 aromatic heterocycles. The van der Waals surface area contributed by atoms with Crippen molar-refractivity contribution in [3.63, 3.8) is 0 Å². The first kappa shape index (κ1) is 19.4. The predicted molar refractivity (Wildman–Crippen MR) is 119 cm³/mol. The monoisotopic (exact) mass is 435 g/mol. The number of ether oxygens (including phenoxy) is 1. The van der Waals surface area contributed by atoms with E-state index in [-0.39, 0.29) is 11.7 Å². The number of carbonyl (C=O) groups is 1. The quantitative estimate of drug-likeness (QED) is 0.431. The highest BCUT2D eigenvalue weighted by Crippen LogP contribution is 2.52. The largest absolute Gasteiger partial charge is 0.504 e. The molecule has 0 radical (unpaired) electrons. The van der Waals surface area contributed by atoms with Crippen molar-refractivity contribution in [1.29, 1.82) is 0 Å². The Kier molecular flexibility index (Phi) is 5.13. The molecule has 0 saturated carbocycles. The third-order valence-electron chi connectivity index (χ3n) is 5.34. The van der Waals surface area contributed by atoms with Gasteiger partial charge in [0.15, 0.2) is 11.5 Å². The van der Waals surface area contributed by atoms with Gasteiger partial charge in [-0.2, -0.15) is 0 Å². The standard InChI is InChI=1S/C24H21NO3S2/c1-2-22(27)25-10-11-28-23-16(14-25)12-15(13-18(23)26)17-6-5-9-21-24(17)30-20-8-4-3-7-19(20)29-21/h3-9,12-13,26H,2,10-11,14H2,1H3. The van der Waals surface area contributed by atoms with Crippen molar-refractivity contribution in [2.24, 2.45) is 0 Å². The molecule has 3 aromatic rings. The number of phenols is 1. The average molecular weight is 436 g/mol. The summed E-state index contributed by atoms with van der Waals surface area (Å²) in [6, 6.07) is 18.5. The molecule has 6 heteroatoms. The molecule has 2 aliphatic heterocycles. The number of aromatic hydroxyl groups is 1. The molecule has 0 fully saturated rings. The van der Waals surface area contributed by atoms with E-state index in [9.17, 15) is 9.90 Å². The number of fused-ring (bicyclic) bond motifs is 3. The Morgan fingerprint density at radius 1 is 1.07 bits per heavy atom. The van der Waals surface area contributed by atoms with E-state index >= 15 is 0 Å². The first-order chi connectivity index (χ1) is 14.6. The first-order valence-electron chi connectivity index (χ1n) is 9.98. The number of carbonyl (C=O) groups excluding carboxylic acids is 1. The van der Waals surface area contributed by atoms with Gasteiger partial charge in [0, 0.05) is 38.1 Å². The van der Waals surface area contributed by atoms with Gasteiger partial charge in [0.05, 0.1) is 6.54 Å². The van der Waals surface area contributed by atoms with E-state index < -0.39 is 0 Å². The minimum absolute atomic E-state index is 0.0944. The fraction of sp³-hybridized carbons (Fsp3) is 0.208. The summed E-state index contributed by atoms with van der Waals surface area (Å²) in [4.78, 5) is 19.0. The van der Waals surface area contributed by atoms with E-state index in [1.54, 1.807) is 34.5 Å². The first-order valence-corrected chi connectivity index (χ1v) is 11.6. The minimum atomic E-state index is 0.0944. The van der Waals surface area contributed by atoms with Gasteiger partial charge < -0.3 is 14.7 Å².